The summed E-state index contributed by atoms with van der Waals surface area (Å²) < 4.78 is 79.5. The molecule has 0 aromatic heterocycles. The molecule has 0 aliphatic heterocycles. The lowest BCUT2D eigenvalue weighted by Gasteiger charge is -2.24. The third kappa shape index (κ3) is 6.08. The molecule has 2 aromatic rings. The Bertz CT molecular complexity index is 781. The third-order valence-electron chi connectivity index (χ3n) is 3.56. The fraction of sp³-hybridized carbons (Fsp3) is 0.278. The van der Waals surface area contributed by atoms with Crippen LogP contribution in [0.15, 0.2) is 59.5 Å². The minimum atomic E-state index is -5.76. The van der Waals surface area contributed by atoms with Gasteiger partial charge in [0.05, 0.1) is 6.42 Å². The Morgan fingerprint density at radius 2 is 1.46 bits per heavy atom. The molecular formula is C18H15F6NO2S. The van der Waals surface area contributed by atoms with Crippen LogP contribution in [0.25, 0.3) is 0 Å². The maximum Gasteiger partial charge on any atom is 0.434 e. The molecule has 10 heteroatoms. The first-order valence-corrected chi connectivity index (χ1v) is 8.75. The summed E-state index contributed by atoms with van der Waals surface area (Å²) in [7, 11) is 0. The van der Waals surface area contributed by atoms with E-state index in [9.17, 15) is 31.1 Å². The van der Waals surface area contributed by atoms with Crippen LogP contribution < -0.4 is 5.73 Å². The normalized spacial score (nSPS) is 13.4. The molecule has 0 unspecified atom stereocenters. The van der Waals surface area contributed by atoms with E-state index in [4.69, 9.17) is 5.73 Å². The van der Waals surface area contributed by atoms with Crippen molar-refractivity contribution in [2.24, 2.45) is 0 Å². The van der Waals surface area contributed by atoms with Gasteiger partial charge in [0.1, 0.15) is 0 Å². The van der Waals surface area contributed by atoms with Gasteiger partial charge in [0.2, 0.25) is 0 Å². The average molecular weight is 423 g/mol. The van der Waals surface area contributed by atoms with Crippen molar-refractivity contribution in [2.75, 3.05) is 5.73 Å². The number of nitrogens with two attached hydrogens (primary N) is 1. The number of benzene rings is 2. The number of thioether (sulfide) groups is 1. The minimum absolute atomic E-state index is 0.366. The van der Waals surface area contributed by atoms with E-state index in [2.05, 4.69) is 4.74 Å². The number of carbonyl (C=O) groups is 1. The summed E-state index contributed by atoms with van der Waals surface area (Å²) in [5.74, 6) is -1.62. The molecule has 0 bridgehead atoms. The van der Waals surface area contributed by atoms with Gasteiger partial charge in [-0.25, -0.2) is 0 Å². The molecule has 0 saturated carbocycles. The van der Waals surface area contributed by atoms with Gasteiger partial charge >= 0.3 is 18.3 Å². The quantitative estimate of drug-likeness (QED) is 0.287. The lowest BCUT2D eigenvalue weighted by Crippen LogP contribution is -2.45. The summed E-state index contributed by atoms with van der Waals surface area (Å²) in [4.78, 5) is 12.5. The highest BCUT2D eigenvalue weighted by molar-refractivity contribution is 7.99. The lowest BCUT2D eigenvalue weighted by atomic mass is 10.1. The van der Waals surface area contributed by atoms with Crippen LogP contribution in [-0.2, 0) is 9.53 Å². The zero-order valence-electron chi connectivity index (χ0n) is 14.1. The smallest absolute Gasteiger partial charge is 0.434 e. The van der Waals surface area contributed by atoms with E-state index in [1.807, 2.05) is 0 Å². The monoisotopic (exact) mass is 423 g/mol. The molecule has 2 aromatic carbocycles. The Kier molecular flexibility index (Phi) is 6.87. The van der Waals surface area contributed by atoms with Gasteiger partial charge in [-0.3, -0.25) is 4.79 Å². The van der Waals surface area contributed by atoms with Crippen LogP contribution >= 0.6 is 11.8 Å². The van der Waals surface area contributed by atoms with E-state index in [0.717, 1.165) is 11.8 Å². The highest BCUT2D eigenvalue weighted by atomic mass is 32.2. The summed E-state index contributed by atoms with van der Waals surface area (Å²) in [5, 5.41) is -0.791. The van der Waals surface area contributed by atoms with Crippen LogP contribution in [0.2, 0.25) is 0 Å². The number of alkyl halides is 6. The van der Waals surface area contributed by atoms with Crippen LogP contribution in [0.5, 0.6) is 0 Å². The molecule has 3 nitrogen and oxygen atoms in total. The van der Waals surface area contributed by atoms with Gasteiger partial charge < -0.3 is 10.5 Å². The van der Waals surface area contributed by atoms with Gasteiger partial charge in [0.15, 0.2) is 0 Å². The Hall–Kier alpha value is -2.36. The maximum atomic E-state index is 12.6. The summed E-state index contributed by atoms with van der Waals surface area (Å²) in [6.45, 7) is 0. The van der Waals surface area contributed by atoms with E-state index in [1.165, 1.54) is 0 Å². The topological polar surface area (TPSA) is 52.3 Å². The average Bonchev–Trinajstić information content (AvgIpc) is 2.60. The number of carbonyl (C=O) groups excluding carboxylic acids is 1. The number of rotatable bonds is 6. The van der Waals surface area contributed by atoms with E-state index in [-0.39, 0.29) is 0 Å². The van der Waals surface area contributed by atoms with Crippen molar-refractivity contribution >= 4 is 23.4 Å². The molecule has 2 N–H and O–H groups in total. The van der Waals surface area contributed by atoms with Gasteiger partial charge in [0.25, 0.3) is 6.10 Å². The van der Waals surface area contributed by atoms with E-state index in [0.29, 0.717) is 16.1 Å². The number of hydrogen-bond donors (Lipinski definition) is 1. The molecule has 0 fully saturated rings. The van der Waals surface area contributed by atoms with E-state index >= 15 is 0 Å². The molecule has 0 heterocycles. The van der Waals surface area contributed by atoms with Gasteiger partial charge in [-0.2, -0.15) is 26.3 Å². The predicted molar refractivity (Wildman–Crippen MR) is 92.5 cm³/mol. The number of hydrogen-bond acceptors (Lipinski definition) is 4. The van der Waals surface area contributed by atoms with Crippen molar-refractivity contribution < 1.29 is 35.9 Å². The lowest BCUT2D eigenvalue weighted by molar-refractivity contribution is -0.313. The van der Waals surface area contributed by atoms with Crippen LogP contribution in [0.4, 0.5) is 32.0 Å². The van der Waals surface area contributed by atoms with E-state index in [1.54, 1.807) is 54.6 Å². The Labute approximate surface area is 160 Å². The molecule has 0 amide bonds. The summed E-state index contributed by atoms with van der Waals surface area (Å²) in [6, 6.07) is 14.7. The van der Waals surface area contributed by atoms with E-state index < -0.39 is 36.1 Å². The largest absolute Gasteiger partial charge is 0.443 e. The number of nitrogen functional groups attached to an aromatic ring is 1. The van der Waals surface area contributed by atoms with Crippen molar-refractivity contribution in [2.45, 2.75) is 35.0 Å². The zero-order chi connectivity index (χ0) is 20.9. The molecule has 1 atom stereocenters. The van der Waals surface area contributed by atoms with Crippen LogP contribution in [0.3, 0.4) is 0 Å². The second kappa shape index (κ2) is 8.76. The first-order chi connectivity index (χ1) is 13.0. The van der Waals surface area contributed by atoms with Gasteiger partial charge in [-0.05, 0) is 17.7 Å². The Morgan fingerprint density at radius 3 is 2.00 bits per heavy atom. The fourth-order valence-electron chi connectivity index (χ4n) is 2.29. The summed E-state index contributed by atoms with van der Waals surface area (Å²) in [6.07, 6.45) is -16.4. The molecule has 152 valence electrons. The highest BCUT2D eigenvalue weighted by Gasteiger charge is 2.59. The van der Waals surface area contributed by atoms with Crippen molar-refractivity contribution in [3.05, 3.63) is 60.2 Å². The first kappa shape index (κ1) is 21.9. The van der Waals surface area contributed by atoms with Crippen molar-refractivity contribution in [3.8, 4) is 0 Å². The predicted octanol–water partition coefficient (Wildman–Crippen LogP) is 5.53. The SMILES string of the molecule is Nc1ccccc1S[C@@H](CC(=O)OC(C(F)(F)F)C(F)(F)F)c1ccccc1. The second-order valence-electron chi connectivity index (χ2n) is 5.71. The highest BCUT2D eigenvalue weighted by Crippen LogP contribution is 2.41. The molecule has 0 aliphatic carbocycles. The maximum absolute atomic E-state index is 12.6. The molecule has 28 heavy (non-hydrogen) atoms. The second-order valence-corrected chi connectivity index (χ2v) is 6.96. The molecule has 0 radical (unpaired) electrons. The number of anilines is 1. The fourth-order valence-corrected chi connectivity index (χ4v) is 3.47. The number of esters is 1. The summed E-state index contributed by atoms with van der Waals surface area (Å²) >= 11 is 1.05. The molecule has 0 aliphatic rings. The number of para-hydroxylation sites is 1. The number of halogens is 6. The van der Waals surface area contributed by atoms with Crippen molar-refractivity contribution in [1.82, 2.24) is 0 Å². The Balaban J connectivity index is 2.22. The third-order valence-corrected chi connectivity index (χ3v) is 4.90. The van der Waals surface area contributed by atoms with Crippen LogP contribution in [0.1, 0.15) is 17.2 Å². The molecule has 2 rings (SSSR count). The standard InChI is InChI=1S/C18H15F6NO2S/c19-17(20,21)16(18(22,23)24)27-15(26)10-14(11-6-2-1-3-7-11)28-13-9-5-4-8-12(13)25/h1-9,14,16H,10,25H2/t14-/m0/s1. The molecular weight excluding hydrogens is 408 g/mol. The molecule has 0 saturated heterocycles. The number of ether oxygens (including phenoxy) is 1. The first-order valence-electron chi connectivity index (χ1n) is 7.87. The Morgan fingerprint density at radius 1 is 0.929 bits per heavy atom. The van der Waals surface area contributed by atoms with Crippen LogP contribution in [-0.4, -0.2) is 24.4 Å². The van der Waals surface area contributed by atoms with Gasteiger partial charge in [-0.15, -0.1) is 11.8 Å². The zero-order valence-corrected chi connectivity index (χ0v) is 14.9. The minimum Gasteiger partial charge on any atom is -0.443 e. The van der Waals surface area contributed by atoms with Crippen LogP contribution in [0, 0.1) is 0 Å². The molecule has 0 spiro atoms. The van der Waals surface area contributed by atoms with Gasteiger partial charge in [-0.1, -0.05) is 42.5 Å². The van der Waals surface area contributed by atoms with Crippen molar-refractivity contribution in [3.63, 3.8) is 0 Å². The summed E-state index contributed by atoms with van der Waals surface area (Å²) in [5.41, 5.74) is 6.73. The van der Waals surface area contributed by atoms with Crippen molar-refractivity contribution in [1.29, 1.82) is 0 Å². The van der Waals surface area contributed by atoms with Gasteiger partial charge in [0, 0.05) is 15.8 Å².